The molecule has 0 bridgehead atoms. The summed E-state index contributed by atoms with van der Waals surface area (Å²) in [6.45, 7) is 4.41. The topological polar surface area (TPSA) is 75.1 Å². The first-order valence-corrected chi connectivity index (χ1v) is 5.88. The molecule has 7 heteroatoms. The molecule has 0 aromatic carbocycles. The quantitative estimate of drug-likeness (QED) is 0.804. The maximum absolute atomic E-state index is 11.4. The molecule has 0 amide bonds. The molecule has 2 aromatic heterocycles. The van der Waals surface area contributed by atoms with Crippen molar-refractivity contribution in [2.75, 3.05) is 11.9 Å². The van der Waals surface area contributed by atoms with Crippen LogP contribution in [0.15, 0.2) is 10.9 Å². The molecule has 0 aliphatic rings. The molecule has 2 heterocycles. The first-order chi connectivity index (χ1) is 8.11. The van der Waals surface area contributed by atoms with E-state index in [9.17, 15) is 4.79 Å². The fourth-order valence-corrected chi connectivity index (χ4v) is 1.62. The number of halogens is 1. The predicted molar refractivity (Wildman–Crippen MR) is 66.8 cm³/mol. The van der Waals surface area contributed by atoms with Gasteiger partial charge >= 0.3 is 5.69 Å². The number of aromatic nitrogens is 4. The van der Waals surface area contributed by atoms with Gasteiger partial charge in [-0.25, -0.2) is 19.3 Å². The highest BCUT2D eigenvalue weighted by atomic mass is 35.5. The van der Waals surface area contributed by atoms with Gasteiger partial charge in [-0.15, -0.1) is 11.6 Å². The number of alkyl halides is 1. The minimum atomic E-state index is -0.277. The molecular weight excluding hydrogens is 242 g/mol. The summed E-state index contributed by atoms with van der Waals surface area (Å²) in [5, 5.41) is 9.47. The number of anilines is 1. The Kier molecular flexibility index (Phi) is 3.33. The van der Waals surface area contributed by atoms with Crippen molar-refractivity contribution < 1.29 is 0 Å². The van der Waals surface area contributed by atoms with E-state index in [0.29, 0.717) is 23.8 Å². The molecule has 0 aliphatic heterocycles. The number of fused-ring (bicyclic) bond motifs is 1. The first kappa shape index (κ1) is 11.9. The van der Waals surface area contributed by atoms with E-state index in [2.05, 4.69) is 20.5 Å². The SMILES string of the molecule is CCC(Cl)CNc1cc2n[nH]c(=O)n2c(C)n1. The molecule has 0 radical (unpaired) electrons. The number of aromatic amines is 1. The lowest BCUT2D eigenvalue weighted by Gasteiger charge is -2.09. The van der Waals surface area contributed by atoms with Gasteiger partial charge in [0.05, 0.1) is 5.38 Å². The highest BCUT2D eigenvalue weighted by molar-refractivity contribution is 6.20. The van der Waals surface area contributed by atoms with Crippen LogP contribution in [0.3, 0.4) is 0 Å². The molecule has 2 aromatic rings. The molecule has 0 spiro atoms. The van der Waals surface area contributed by atoms with Crippen molar-refractivity contribution in [2.45, 2.75) is 25.6 Å². The largest absolute Gasteiger partial charge is 0.368 e. The van der Waals surface area contributed by atoms with Gasteiger partial charge in [0, 0.05) is 12.6 Å². The monoisotopic (exact) mass is 255 g/mol. The minimum absolute atomic E-state index is 0.0645. The van der Waals surface area contributed by atoms with E-state index >= 15 is 0 Å². The van der Waals surface area contributed by atoms with E-state index in [0.717, 1.165) is 6.42 Å². The number of nitrogens with zero attached hydrogens (tertiary/aromatic N) is 3. The zero-order chi connectivity index (χ0) is 12.4. The van der Waals surface area contributed by atoms with Crippen LogP contribution in [0.4, 0.5) is 5.82 Å². The third-order valence-corrected chi connectivity index (χ3v) is 2.98. The van der Waals surface area contributed by atoms with Crippen LogP contribution in [0.25, 0.3) is 5.65 Å². The van der Waals surface area contributed by atoms with Crippen LogP contribution in [0.5, 0.6) is 0 Å². The molecule has 1 atom stereocenters. The van der Waals surface area contributed by atoms with Gasteiger partial charge in [0.15, 0.2) is 5.65 Å². The van der Waals surface area contributed by atoms with Gasteiger partial charge in [-0.05, 0) is 13.3 Å². The molecular formula is C10H14ClN5O. The Morgan fingerprint density at radius 3 is 3.12 bits per heavy atom. The van der Waals surface area contributed by atoms with Crippen LogP contribution < -0.4 is 11.0 Å². The van der Waals surface area contributed by atoms with Gasteiger partial charge < -0.3 is 5.32 Å². The molecule has 17 heavy (non-hydrogen) atoms. The van der Waals surface area contributed by atoms with Crippen LogP contribution in [0.1, 0.15) is 19.2 Å². The molecule has 1 unspecified atom stereocenters. The Bertz CT molecular complexity index is 576. The number of rotatable bonds is 4. The number of hydrogen-bond acceptors (Lipinski definition) is 4. The molecule has 92 valence electrons. The molecule has 0 aliphatic carbocycles. The zero-order valence-corrected chi connectivity index (χ0v) is 10.5. The normalized spacial score (nSPS) is 12.9. The summed E-state index contributed by atoms with van der Waals surface area (Å²) in [6.07, 6.45) is 0.887. The summed E-state index contributed by atoms with van der Waals surface area (Å²) in [5.41, 5.74) is 0.271. The highest BCUT2D eigenvalue weighted by Crippen LogP contribution is 2.09. The second-order valence-electron chi connectivity index (χ2n) is 3.80. The maximum atomic E-state index is 11.4. The van der Waals surface area contributed by atoms with E-state index in [1.165, 1.54) is 4.40 Å². The van der Waals surface area contributed by atoms with Crippen molar-refractivity contribution >= 4 is 23.1 Å². The van der Waals surface area contributed by atoms with Gasteiger partial charge in [-0.2, -0.15) is 5.10 Å². The van der Waals surface area contributed by atoms with Crippen LogP contribution in [0, 0.1) is 6.92 Å². The number of aryl methyl sites for hydroxylation is 1. The summed E-state index contributed by atoms with van der Waals surface area (Å²) in [4.78, 5) is 15.7. The van der Waals surface area contributed by atoms with E-state index in [4.69, 9.17) is 11.6 Å². The Hall–Kier alpha value is -1.56. The lowest BCUT2D eigenvalue weighted by Crippen LogP contribution is -2.17. The summed E-state index contributed by atoms with van der Waals surface area (Å²) >= 11 is 6.01. The first-order valence-electron chi connectivity index (χ1n) is 5.44. The second kappa shape index (κ2) is 4.75. The van der Waals surface area contributed by atoms with Crippen molar-refractivity contribution in [1.82, 2.24) is 19.6 Å². The number of nitrogens with one attached hydrogen (secondary N) is 2. The van der Waals surface area contributed by atoms with Gasteiger partial charge in [-0.3, -0.25) is 0 Å². The summed E-state index contributed by atoms with van der Waals surface area (Å²) in [7, 11) is 0. The highest BCUT2D eigenvalue weighted by Gasteiger charge is 2.07. The van der Waals surface area contributed by atoms with Crippen LogP contribution in [-0.2, 0) is 0 Å². The van der Waals surface area contributed by atoms with Crippen molar-refractivity contribution in [3.8, 4) is 0 Å². The van der Waals surface area contributed by atoms with E-state index in [-0.39, 0.29) is 11.1 Å². The number of H-pyrrole nitrogens is 1. The second-order valence-corrected chi connectivity index (χ2v) is 4.41. The molecule has 2 rings (SSSR count). The standard InChI is InChI=1S/C10H14ClN5O/c1-3-7(11)5-12-8-4-9-14-15-10(17)16(9)6(2)13-8/h4,7,12H,3,5H2,1-2H3,(H,15,17). The predicted octanol–water partition coefficient (Wildman–Crippen LogP) is 1.16. The number of hydrogen-bond donors (Lipinski definition) is 2. The Labute approximate surface area is 103 Å². The van der Waals surface area contributed by atoms with Crippen molar-refractivity contribution in [2.24, 2.45) is 0 Å². The average Bonchev–Trinajstić information content (AvgIpc) is 2.68. The summed E-state index contributed by atoms with van der Waals surface area (Å²) < 4.78 is 1.42. The van der Waals surface area contributed by atoms with Gasteiger partial charge in [-0.1, -0.05) is 6.92 Å². The summed E-state index contributed by atoms with van der Waals surface area (Å²) in [6, 6.07) is 1.71. The Balaban J connectivity index is 2.28. The van der Waals surface area contributed by atoms with E-state index in [1.807, 2.05) is 6.92 Å². The Morgan fingerprint density at radius 1 is 1.65 bits per heavy atom. The van der Waals surface area contributed by atoms with Gasteiger partial charge in [0.2, 0.25) is 0 Å². The van der Waals surface area contributed by atoms with Gasteiger partial charge in [0.25, 0.3) is 0 Å². The molecule has 2 N–H and O–H groups in total. The van der Waals surface area contributed by atoms with E-state index < -0.39 is 0 Å². The van der Waals surface area contributed by atoms with E-state index in [1.54, 1.807) is 13.0 Å². The van der Waals surface area contributed by atoms with Crippen molar-refractivity contribution in [3.63, 3.8) is 0 Å². The maximum Gasteiger partial charge on any atom is 0.349 e. The molecule has 6 nitrogen and oxygen atoms in total. The lowest BCUT2D eigenvalue weighted by molar-refractivity contribution is 0.836. The smallest absolute Gasteiger partial charge is 0.349 e. The molecule has 0 saturated heterocycles. The molecule has 0 saturated carbocycles. The fourth-order valence-electron chi connectivity index (χ4n) is 1.55. The molecule has 0 fully saturated rings. The fraction of sp³-hybridized carbons (Fsp3) is 0.500. The zero-order valence-electron chi connectivity index (χ0n) is 9.70. The van der Waals surface area contributed by atoms with Crippen LogP contribution in [0.2, 0.25) is 0 Å². The van der Waals surface area contributed by atoms with Crippen LogP contribution >= 0.6 is 11.6 Å². The van der Waals surface area contributed by atoms with Crippen molar-refractivity contribution in [3.05, 3.63) is 22.4 Å². The minimum Gasteiger partial charge on any atom is -0.368 e. The third-order valence-electron chi connectivity index (χ3n) is 2.52. The van der Waals surface area contributed by atoms with Crippen LogP contribution in [-0.4, -0.2) is 31.5 Å². The third kappa shape index (κ3) is 2.41. The Morgan fingerprint density at radius 2 is 2.41 bits per heavy atom. The summed E-state index contributed by atoms with van der Waals surface area (Å²) in [5.74, 6) is 1.26. The average molecular weight is 256 g/mol. The van der Waals surface area contributed by atoms with Crippen molar-refractivity contribution in [1.29, 1.82) is 0 Å². The lowest BCUT2D eigenvalue weighted by atomic mass is 10.3. The van der Waals surface area contributed by atoms with Gasteiger partial charge in [0.1, 0.15) is 11.6 Å².